The van der Waals surface area contributed by atoms with Gasteiger partial charge in [-0.05, 0) is 12.0 Å². The predicted molar refractivity (Wildman–Crippen MR) is 70.1 cm³/mol. The van der Waals surface area contributed by atoms with Crippen LogP contribution in [0, 0.1) is 5.92 Å². The molecule has 0 aliphatic rings. The number of nitrogens with one attached hydrogen (secondary N) is 1. The third-order valence-corrected chi connectivity index (χ3v) is 2.81. The van der Waals surface area contributed by atoms with Gasteiger partial charge in [0.15, 0.2) is 0 Å². The quantitative estimate of drug-likeness (QED) is 0.864. The summed E-state index contributed by atoms with van der Waals surface area (Å²) in [6.07, 6.45) is 1.89. The Labute approximate surface area is 101 Å². The second-order valence-electron chi connectivity index (χ2n) is 4.77. The van der Waals surface area contributed by atoms with Gasteiger partial charge in [0.2, 0.25) is 0 Å². The van der Waals surface area contributed by atoms with E-state index in [1.54, 1.807) is 0 Å². The summed E-state index contributed by atoms with van der Waals surface area (Å²) < 4.78 is 1.99. The molecule has 2 aromatic rings. The molecule has 0 aliphatic carbocycles. The number of nitrogens with zero attached hydrogens (tertiary/aromatic N) is 1. The Hall–Kier alpha value is -1.77. The Bertz CT molecular complexity index is 540. The highest BCUT2D eigenvalue weighted by Crippen LogP contribution is 2.19. The van der Waals surface area contributed by atoms with Gasteiger partial charge in [-0.15, -0.1) is 0 Å². The zero-order valence-corrected chi connectivity index (χ0v) is 10.5. The Balaban J connectivity index is 2.32. The zero-order valence-electron chi connectivity index (χ0n) is 10.5. The zero-order chi connectivity index (χ0) is 12.4. The highest BCUT2D eigenvalue weighted by atomic mass is 16.1. The van der Waals surface area contributed by atoms with Crippen LogP contribution in [0.1, 0.15) is 24.2 Å². The largest absolute Gasteiger partial charge is 0.352 e. The van der Waals surface area contributed by atoms with E-state index >= 15 is 0 Å². The fourth-order valence-corrected chi connectivity index (χ4v) is 1.91. The van der Waals surface area contributed by atoms with Crippen molar-refractivity contribution in [2.45, 2.75) is 13.8 Å². The van der Waals surface area contributed by atoms with Crippen LogP contribution in [0.3, 0.4) is 0 Å². The molecule has 0 saturated heterocycles. The minimum atomic E-state index is 0.00972. The van der Waals surface area contributed by atoms with E-state index in [0.717, 1.165) is 16.5 Å². The molecule has 1 aromatic carbocycles. The van der Waals surface area contributed by atoms with Crippen molar-refractivity contribution >= 4 is 16.8 Å². The third-order valence-electron chi connectivity index (χ3n) is 2.81. The molecule has 0 fully saturated rings. The first-order chi connectivity index (χ1) is 8.09. The summed E-state index contributed by atoms with van der Waals surface area (Å²) >= 11 is 0. The molecule has 0 spiro atoms. The van der Waals surface area contributed by atoms with Gasteiger partial charge in [0, 0.05) is 30.7 Å². The van der Waals surface area contributed by atoms with Crippen molar-refractivity contribution in [1.82, 2.24) is 9.88 Å². The van der Waals surface area contributed by atoms with Crippen LogP contribution in [0.15, 0.2) is 30.5 Å². The monoisotopic (exact) mass is 230 g/mol. The van der Waals surface area contributed by atoms with Gasteiger partial charge in [0.25, 0.3) is 5.91 Å². The summed E-state index contributed by atoms with van der Waals surface area (Å²) in [5.41, 5.74) is 1.84. The number of rotatable bonds is 3. The van der Waals surface area contributed by atoms with Crippen LogP contribution in [-0.4, -0.2) is 17.0 Å². The molecular weight excluding hydrogens is 212 g/mol. The number of hydrogen-bond donors (Lipinski definition) is 1. The van der Waals surface area contributed by atoms with E-state index in [1.165, 1.54) is 0 Å². The van der Waals surface area contributed by atoms with E-state index in [2.05, 4.69) is 19.2 Å². The number of carbonyl (C=O) groups excluding carboxylic acids is 1. The van der Waals surface area contributed by atoms with Crippen LogP contribution < -0.4 is 5.32 Å². The summed E-state index contributed by atoms with van der Waals surface area (Å²) in [5, 5.41) is 3.96. The summed E-state index contributed by atoms with van der Waals surface area (Å²) in [6.45, 7) is 4.88. The lowest BCUT2D eigenvalue weighted by Gasteiger charge is -2.06. The fraction of sp³-hybridized carbons (Fsp3) is 0.357. The molecule has 0 unspecified atom stereocenters. The van der Waals surface area contributed by atoms with E-state index in [9.17, 15) is 4.79 Å². The lowest BCUT2D eigenvalue weighted by molar-refractivity contribution is 0.0950. The van der Waals surface area contributed by atoms with E-state index in [4.69, 9.17) is 0 Å². The number of para-hydroxylation sites is 1. The molecule has 0 atom stereocenters. The standard InChI is InChI=1S/C14H18N2O/c1-10(2)8-15-14(17)12-9-16(3)13-7-5-4-6-11(12)13/h4-7,9-10H,8H2,1-3H3,(H,15,17). The minimum Gasteiger partial charge on any atom is -0.352 e. The molecule has 17 heavy (non-hydrogen) atoms. The number of carbonyl (C=O) groups is 1. The molecule has 3 nitrogen and oxygen atoms in total. The Morgan fingerprint density at radius 3 is 2.76 bits per heavy atom. The number of benzene rings is 1. The number of fused-ring (bicyclic) bond motifs is 1. The van der Waals surface area contributed by atoms with E-state index in [1.807, 2.05) is 42.1 Å². The second kappa shape index (κ2) is 4.62. The van der Waals surface area contributed by atoms with Gasteiger partial charge < -0.3 is 9.88 Å². The molecule has 2 rings (SSSR count). The third kappa shape index (κ3) is 2.33. The van der Waals surface area contributed by atoms with Gasteiger partial charge >= 0.3 is 0 Å². The highest BCUT2D eigenvalue weighted by Gasteiger charge is 2.13. The van der Waals surface area contributed by atoms with Crippen molar-refractivity contribution in [3.8, 4) is 0 Å². The van der Waals surface area contributed by atoms with Crippen molar-refractivity contribution in [3.63, 3.8) is 0 Å². The van der Waals surface area contributed by atoms with Crippen molar-refractivity contribution < 1.29 is 4.79 Å². The lowest BCUT2D eigenvalue weighted by atomic mass is 10.1. The average Bonchev–Trinajstić information content (AvgIpc) is 2.65. The highest BCUT2D eigenvalue weighted by molar-refractivity contribution is 6.06. The maximum Gasteiger partial charge on any atom is 0.253 e. The minimum absolute atomic E-state index is 0.00972. The van der Waals surface area contributed by atoms with Crippen LogP contribution in [-0.2, 0) is 7.05 Å². The van der Waals surface area contributed by atoms with Crippen LogP contribution in [0.4, 0.5) is 0 Å². The van der Waals surface area contributed by atoms with Crippen molar-refractivity contribution in [1.29, 1.82) is 0 Å². The van der Waals surface area contributed by atoms with Gasteiger partial charge in [-0.1, -0.05) is 32.0 Å². The van der Waals surface area contributed by atoms with Crippen molar-refractivity contribution in [2.75, 3.05) is 6.54 Å². The molecule has 0 aliphatic heterocycles. The maximum absolute atomic E-state index is 12.1. The van der Waals surface area contributed by atoms with Gasteiger partial charge in [0.1, 0.15) is 0 Å². The first kappa shape index (κ1) is 11.7. The molecule has 0 radical (unpaired) electrons. The molecule has 3 heteroatoms. The molecule has 1 amide bonds. The number of aromatic nitrogens is 1. The maximum atomic E-state index is 12.1. The van der Waals surface area contributed by atoms with Gasteiger partial charge in [-0.25, -0.2) is 0 Å². The van der Waals surface area contributed by atoms with Crippen LogP contribution in [0.2, 0.25) is 0 Å². The van der Waals surface area contributed by atoms with Crippen LogP contribution in [0.25, 0.3) is 10.9 Å². The summed E-state index contributed by atoms with van der Waals surface area (Å²) in [4.78, 5) is 12.1. The van der Waals surface area contributed by atoms with Crippen LogP contribution >= 0.6 is 0 Å². The molecule has 0 bridgehead atoms. The van der Waals surface area contributed by atoms with E-state index < -0.39 is 0 Å². The summed E-state index contributed by atoms with van der Waals surface area (Å²) in [6, 6.07) is 7.95. The molecule has 0 saturated carbocycles. The fourth-order valence-electron chi connectivity index (χ4n) is 1.91. The summed E-state index contributed by atoms with van der Waals surface area (Å²) in [7, 11) is 1.96. The SMILES string of the molecule is CC(C)CNC(=O)c1cn(C)c2ccccc12. The lowest BCUT2D eigenvalue weighted by Crippen LogP contribution is -2.27. The predicted octanol–water partition coefficient (Wildman–Crippen LogP) is 2.56. The van der Waals surface area contributed by atoms with Crippen molar-refractivity contribution in [2.24, 2.45) is 13.0 Å². The molecule has 1 heterocycles. The first-order valence-corrected chi connectivity index (χ1v) is 5.92. The van der Waals surface area contributed by atoms with Gasteiger partial charge in [-0.3, -0.25) is 4.79 Å². The van der Waals surface area contributed by atoms with Crippen LogP contribution in [0.5, 0.6) is 0 Å². The molecule has 90 valence electrons. The second-order valence-corrected chi connectivity index (χ2v) is 4.77. The first-order valence-electron chi connectivity index (χ1n) is 5.92. The van der Waals surface area contributed by atoms with E-state index in [-0.39, 0.29) is 5.91 Å². The smallest absolute Gasteiger partial charge is 0.253 e. The average molecular weight is 230 g/mol. The Morgan fingerprint density at radius 1 is 1.35 bits per heavy atom. The van der Waals surface area contributed by atoms with Crippen molar-refractivity contribution in [3.05, 3.63) is 36.0 Å². The number of amides is 1. The van der Waals surface area contributed by atoms with Gasteiger partial charge in [-0.2, -0.15) is 0 Å². The Kier molecular flexibility index (Phi) is 3.18. The number of aryl methyl sites for hydroxylation is 1. The molecule has 1 aromatic heterocycles. The summed E-state index contributed by atoms with van der Waals surface area (Å²) in [5.74, 6) is 0.476. The Morgan fingerprint density at radius 2 is 2.06 bits per heavy atom. The molecule has 1 N–H and O–H groups in total. The number of hydrogen-bond acceptors (Lipinski definition) is 1. The van der Waals surface area contributed by atoms with E-state index in [0.29, 0.717) is 12.5 Å². The molecular formula is C14H18N2O. The normalized spacial score (nSPS) is 11.1. The van der Waals surface area contributed by atoms with Gasteiger partial charge in [0.05, 0.1) is 5.56 Å². The topological polar surface area (TPSA) is 34.0 Å².